The van der Waals surface area contributed by atoms with E-state index in [4.69, 9.17) is 10.5 Å². The Bertz CT molecular complexity index is 952. The van der Waals surface area contributed by atoms with Crippen LogP contribution in [0.4, 0.5) is 0 Å². The summed E-state index contributed by atoms with van der Waals surface area (Å²) in [6, 6.07) is 16.2. The summed E-state index contributed by atoms with van der Waals surface area (Å²) in [4.78, 5) is 28.8. The summed E-state index contributed by atoms with van der Waals surface area (Å²) in [6.07, 6.45) is -1.14. The van der Waals surface area contributed by atoms with Gasteiger partial charge in [0, 0.05) is 10.9 Å². The number of esters is 1. The summed E-state index contributed by atoms with van der Waals surface area (Å²) < 4.78 is 5.39. The maximum atomic E-state index is 12.6. The number of carbonyl (C=O) groups is 2. The molecule has 2 N–H and O–H groups in total. The summed E-state index contributed by atoms with van der Waals surface area (Å²) in [7, 11) is 0. The van der Waals surface area contributed by atoms with E-state index in [2.05, 4.69) is 4.98 Å². The molecule has 0 spiro atoms. The molecule has 0 saturated heterocycles. The smallest absolute Gasteiger partial charge is 0.341 e. The molecule has 0 aliphatic rings. The zero-order valence-electron chi connectivity index (χ0n) is 14.0. The van der Waals surface area contributed by atoms with Crippen molar-refractivity contribution in [2.75, 3.05) is 0 Å². The summed E-state index contributed by atoms with van der Waals surface area (Å²) >= 11 is 0. The average molecular weight is 334 g/mol. The van der Waals surface area contributed by atoms with Crippen LogP contribution in [0.1, 0.15) is 33.3 Å². The number of hydrogen-bond acceptors (Lipinski definition) is 4. The van der Waals surface area contributed by atoms with Crippen LogP contribution in [0.3, 0.4) is 0 Å². The maximum Gasteiger partial charge on any atom is 0.341 e. The summed E-state index contributed by atoms with van der Waals surface area (Å²) in [5, 5.41) is 0.841. The van der Waals surface area contributed by atoms with E-state index < -0.39 is 18.0 Å². The highest BCUT2D eigenvalue weighted by molar-refractivity contribution is 5.96. The first-order chi connectivity index (χ1) is 12.0. The topological polar surface area (TPSA) is 82.3 Å². The van der Waals surface area contributed by atoms with Crippen molar-refractivity contribution in [2.45, 2.75) is 20.0 Å². The van der Waals surface area contributed by atoms with Crippen LogP contribution in [-0.2, 0) is 9.53 Å². The predicted molar refractivity (Wildman–Crippen MR) is 95.0 cm³/mol. The number of pyridine rings is 1. The van der Waals surface area contributed by atoms with Gasteiger partial charge in [0.05, 0.1) is 16.8 Å². The quantitative estimate of drug-likeness (QED) is 0.743. The number of ether oxygens (including phenoxy) is 1. The highest BCUT2D eigenvalue weighted by atomic mass is 16.5. The van der Waals surface area contributed by atoms with Crippen molar-refractivity contribution in [1.29, 1.82) is 0 Å². The third kappa shape index (κ3) is 3.50. The summed E-state index contributed by atoms with van der Waals surface area (Å²) in [6.45, 7) is 3.70. The summed E-state index contributed by atoms with van der Waals surface area (Å²) in [5.41, 5.74) is 8.67. The Kier molecular flexibility index (Phi) is 4.48. The van der Waals surface area contributed by atoms with Crippen molar-refractivity contribution in [3.63, 3.8) is 0 Å². The van der Waals surface area contributed by atoms with Crippen LogP contribution in [-0.4, -0.2) is 16.9 Å². The minimum Gasteiger partial charge on any atom is -0.444 e. The molecule has 3 aromatic rings. The molecule has 0 radical (unpaired) electrons. The van der Waals surface area contributed by atoms with Gasteiger partial charge in [0.1, 0.15) is 0 Å². The normalized spacial score (nSPS) is 11.9. The largest absolute Gasteiger partial charge is 0.444 e. The van der Waals surface area contributed by atoms with Crippen LogP contribution >= 0.6 is 0 Å². The van der Waals surface area contributed by atoms with Crippen LogP contribution in [0.25, 0.3) is 10.9 Å². The molecule has 5 heteroatoms. The Morgan fingerprint density at radius 3 is 2.44 bits per heavy atom. The molecule has 0 aliphatic carbocycles. The summed E-state index contributed by atoms with van der Waals surface area (Å²) in [5.74, 6) is -1.34. The molecule has 126 valence electrons. The molecule has 0 bridgehead atoms. The van der Waals surface area contributed by atoms with E-state index >= 15 is 0 Å². The lowest BCUT2D eigenvalue weighted by molar-refractivity contribution is -0.127. The van der Waals surface area contributed by atoms with E-state index in [0.717, 1.165) is 16.5 Å². The van der Waals surface area contributed by atoms with E-state index in [1.807, 2.05) is 31.2 Å². The van der Waals surface area contributed by atoms with E-state index in [1.54, 1.807) is 37.3 Å². The third-order valence-electron chi connectivity index (χ3n) is 3.97. The molecule has 1 unspecified atom stereocenters. The molecule has 0 saturated carbocycles. The number of nitrogens with zero attached hydrogens (tertiary/aromatic N) is 1. The third-order valence-corrected chi connectivity index (χ3v) is 3.97. The molecule has 0 fully saturated rings. The van der Waals surface area contributed by atoms with Gasteiger partial charge in [0.25, 0.3) is 5.91 Å². The molecular weight excluding hydrogens is 316 g/mol. The molecule has 2 aromatic carbocycles. The first-order valence-corrected chi connectivity index (χ1v) is 7.89. The minimum atomic E-state index is -1.14. The fourth-order valence-corrected chi connectivity index (χ4v) is 2.69. The standard InChI is InChI=1S/C20H18N2O3/c1-12-8-9-17-15(10-12)11-16(13(2)22-17)20(24)25-18(19(21)23)14-6-4-3-5-7-14/h3-11,18H,1-2H3,(H2,21,23). The van der Waals surface area contributed by atoms with Crippen LogP contribution in [0.2, 0.25) is 0 Å². The number of amides is 1. The van der Waals surface area contributed by atoms with Crippen molar-refractivity contribution in [3.8, 4) is 0 Å². The van der Waals surface area contributed by atoms with Crippen molar-refractivity contribution in [3.05, 3.63) is 77.0 Å². The second-order valence-electron chi connectivity index (χ2n) is 5.92. The molecule has 25 heavy (non-hydrogen) atoms. The first kappa shape index (κ1) is 16.6. The Labute approximate surface area is 145 Å². The lowest BCUT2D eigenvalue weighted by Crippen LogP contribution is -2.26. The van der Waals surface area contributed by atoms with Gasteiger partial charge in [-0.1, -0.05) is 42.0 Å². The zero-order chi connectivity index (χ0) is 18.0. The minimum absolute atomic E-state index is 0.320. The predicted octanol–water partition coefficient (Wildman–Crippen LogP) is 3.24. The van der Waals surface area contributed by atoms with Gasteiger partial charge >= 0.3 is 5.97 Å². The van der Waals surface area contributed by atoms with Crippen LogP contribution in [0.5, 0.6) is 0 Å². The van der Waals surface area contributed by atoms with Crippen molar-refractivity contribution in [2.24, 2.45) is 5.73 Å². The number of hydrogen-bond donors (Lipinski definition) is 1. The number of primary amides is 1. The van der Waals surface area contributed by atoms with Crippen LogP contribution in [0.15, 0.2) is 54.6 Å². The van der Waals surface area contributed by atoms with Gasteiger partial charge in [0.15, 0.2) is 0 Å². The molecule has 1 aromatic heterocycles. The highest BCUT2D eigenvalue weighted by Gasteiger charge is 2.24. The van der Waals surface area contributed by atoms with Gasteiger partial charge in [-0.25, -0.2) is 4.79 Å². The molecular formula is C20H18N2O3. The fraction of sp³-hybridized carbons (Fsp3) is 0.150. The van der Waals surface area contributed by atoms with Gasteiger partial charge in [0.2, 0.25) is 6.10 Å². The Morgan fingerprint density at radius 2 is 1.76 bits per heavy atom. The van der Waals surface area contributed by atoms with Crippen molar-refractivity contribution in [1.82, 2.24) is 4.98 Å². The molecule has 0 aliphatic heterocycles. The molecule has 3 rings (SSSR count). The number of fused-ring (bicyclic) bond motifs is 1. The Balaban J connectivity index is 1.95. The van der Waals surface area contributed by atoms with Crippen molar-refractivity contribution < 1.29 is 14.3 Å². The van der Waals surface area contributed by atoms with E-state index in [9.17, 15) is 9.59 Å². The van der Waals surface area contributed by atoms with Crippen molar-refractivity contribution >= 4 is 22.8 Å². The average Bonchev–Trinajstić information content (AvgIpc) is 2.59. The second-order valence-corrected chi connectivity index (χ2v) is 5.92. The SMILES string of the molecule is Cc1ccc2nc(C)c(C(=O)OC(C(N)=O)c3ccccc3)cc2c1. The zero-order valence-corrected chi connectivity index (χ0v) is 14.0. The first-order valence-electron chi connectivity index (χ1n) is 7.89. The number of benzene rings is 2. The second kappa shape index (κ2) is 6.73. The Hall–Kier alpha value is -3.21. The molecule has 1 atom stereocenters. The van der Waals surface area contributed by atoms with E-state index in [1.165, 1.54) is 0 Å². The highest BCUT2D eigenvalue weighted by Crippen LogP contribution is 2.22. The van der Waals surface area contributed by atoms with Gasteiger partial charge in [-0.3, -0.25) is 9.78 Å². The molecule has 5 nitrogen and oxygen atoms in total. The van der Waals surface area contributed by atoms with Gasteiger partial charge in [-0.2, -0.15) is 0 Å². The fourth-order valence-electron chi connectivity index (χ4n) is 2.69. The van der Waals surface area contributed by atoms with Gasteiger partial charge in [-0.15, -0.1) is 0 Å². The lowest BCUT2D eigenvalue weighted by atomic mass is 10.1. The van der Waals surface area contributed by atoms with E-state index in [-0.39, 0.29) is 0 Å². The number of aromatic nitrogens is 1. The number of nitrogens with two attached hydrogens (primary N) is 1. The van der Waals surface area contributed by atoms with Crippen LogP contribution in [0, 0.1) is 13.8 Å². The molecule has 1 heterocycles. The maximum absolute atomic E-state index is 12.6. The number of rotatable bonds is 4. The lowest BCUT2D eigenvalue weighted by Gasteiger charge is -2.16. The molecule has 1 amide bonds. The Morgan fingerprint density at radius 1 is 1.04 bits per heavy atom. The number of aryl methyl sites for hydroxylation is 2. The monoisotopic (exact) mass is 334 g/mol. The van der Waals surface area contributed by atoms with Gasteiger partial charge < -0.3 is 10.5 Å². The van der Waals surface area contributed by atoms with Crippen LogP contribution < -0.4 is 5.73 Å². The van der Waals surface area contributed by atoms with Gasteiger partial charge in [-0.05, 0) is 32.0 Å². The van der Waals surface area contributed by atoms with E-state index in [0.29, 0.717) is 16.8 Å². The number of carbonyl (C=O) groups excluding carboxylic acids is 2.